The first-order valence-corrected chi connectivity index (χ1v) is 7.83. The number of aromatic nitrogens is 1. The first kappa shape index (κ1) is 13.4. The first-order valence-electron chi connectivity index (χ1n) is 6.61. The van der Waals surface area contributed by atoms with Crippen molar-refractivity contribution in [1.29, 1.82) is 0 Å². The summed E-state index contributed by atoms with van der Waals surface area (Å²) in [5.41, 5.74) is 0.703. The summed E-state index contributed by atoms with van der Waals surface area (Å²) >= 11 is 1.52. The Morgan fingerprint density at radius 2 is 2.06 bits per heavy atom. The topological polar surface area (TPSA) is 42.0 Å². The van der Waals surface area contributed by atoms with Gasteiger partial charge in [0.1, 0.15) is 5.03 Å². The van der Waals surface area contributed by atoms with Crippen LogP contribution >= 0.6 is 11.8 Å². The van der Waals surface area contributed by atoms with E-state index in [1.807, 2.05) is 18.4 Å². The molecule has 0 aromatic carbocycles. The van der Waals surface area contributed by atoms with E-state index in [0.717, 1.165) is 17.9 Å². The average molecular weight is 264 g/mol. The quantitative estimate of drug-likeness (QED) is 0.673. The predicted molar refractivity (Wildman–Crippen MR) is 75.0 cm³/mol. The minimum atomic E-state index is 0.0272. The molecular weight excluding hydrogens is 244 g/mol. The van der Waals surface area contributed by atoms with E-state index in [-0.39, 0.29) is 5.91 Å². The van der Waals surface area contributed by atoms with Gasteiger partial charge >= 0.3 is 0 Å². The van der Waals surface area contributed by atoms with Gasteiger partial charge < -0.3 is 5.32 Å². The Morgan fingerprint density at radius 3 is 2.72 bits per heavy atom. The van der Waals surface area contributed by atoms with Gasteiger partial charge in [-0.2, -0.15) is 0 Å². The number of thioether (sulfide) groups is 1. The van der Waals surface area contributed by atoms with Crippen molar-refractivity contribution in [3.63, 3.8) is 0 Å². The molecule has 4 heteroatoms. The normalized spacial score (nSPS) is 17.2. The summed E-state index contributed by atoms with van der Waals surface area (Å²) in [7, 11) is 0. The molecule has 0 bridgehead atoms. The van der Waals surface area contributed by atoms with Gasteiger partial charge in [0.05, 0.1) is 5.56 Å². The maximum atomic E-state index is 12.2. The van der Waals surface area contributed by atoms with E-state index in [2.05, 4.69) is 10.3 Å². The number of hydrogen-bond donors (Lipinski definition) is 1. The molecule has 1 amide bonds. The predicted octanol–water partition coefficient (Wildman–Crippen LogP) is 3.26. The number of nitrogens with one attached hydrogen (secondary N) is 1. The third kappa shape index (κ3) is 3.48. The Morgan fingerprint density at radius 1 is 1.33 bits per heavy atom. The summed E-state index contributed by atoms with van der Waals surface area (Å²) in [6.45, 7) is 0. The van der Waals surface area contributed by atoms with Crippen LogP contribution in [0.15, 0.2) is 23.4 Å². The van der Waals surface area contributed by atoms with E-state index in [0.29, 0.717) is 11.6 Å². The van der Waals surface area contributed by atoms with Crippen LogP contribution in [0.25, 0.3) is 0 Å². The fourth-order valence-corrected chi connectivity index (χ4v) is 2.96. The van der Waals surface area contributed by atoms with Crippen molar-refractivity contribution in [2.75, 3.05) is 6.26 Å². The maximum absolute atomic E-state index is 12.2. The highest BCUT2D eigenvalue weighted by atomic mass is 32.2. The molecule has 2 rings (SSSR count). The molecule has 1 N–H and O–H groups in total. The largest absolute Gasteiger partial charge is 0.349 e. The Kier molecular flexibility index (Phi) is 5.05. The van der Waals surface area contributed by atoms with Crippen LogP contribution in [0.3, 0.4) is 0 Å². The zero-order chi connectivity index (χ0) is 12.8. The summed E-state index contributed by atoms with van der Waals surface area (Å²) in [6, 6.07) is 4.02. The van der Waals surface area contributed by atoms with Crippen molar-refractivity contribution in [1.82, 2.24) is 10.3 Å². The molecule has 1 heterocycles. The molecule has 0 saturated heterocycles. The minimum absolute atomic E-state index is 0.0272. The van der Waals surface area contributed by atoms with Crippen LogP contribution in [0.1, 0.15) is 48.9 Å². The molecule has 0 spiro atoms. The van der Waals surface area contributed by atoms with Gasteiger partial charge in [0.2, 0.25) is 0 Å². The second kappa shape index (κ2) is 6.78. The van der Waals surface area contributed by atoms with Crippen molar-refractivity contribution in [2.24, 2.45) is 0 Å². The molecule has 1 saturated carbocycles. The molecule has 0 unspecified atom stereocenters. The van der Waals surface area contributed by atoms with E-state index < -0.39 is 0 Å². The third-order valence-electron chi connectivity index (χ3n) is 3.40. The van der Waals surface area contributed by atoms with Crippen LogP contribution in [0, 0.1) is 0 Å². The number of rotatable bonds is 3. The van der Waals surface area contributed by atoms with Gasteiger partial charge in [0, 0.05) is 12.2 Å². The molecule has 0 aliphatic heterocycles. The summed E-state index contributed by atoms with van der Waals surface area (Å²) in [5, 5.41) is 3.97. The molecule has 1 aliphatic carbocycles. The molecule has 98 valence electrons. The smallest absolute Gasteiger partial charge is 0.254 e. The molecule has 1 aliphatic rings. The Bertz CT molecular complexity index is 401. The monoisotopic (exact) mass is 264 g/mol. The number of pyridine rings is 1. The highest BCUT2D eigenvalue weighted by Crippen LogP contribution is 2.20. The molecule has 0 radical (unpaired) electrons. The van der Waals surface area contributed by atoms with Crippen LogP contribution in [0.5, 0.6) is 0 Å². The van der Waals surface area contributed by atoms with Gasteiger partial charge in [-0.05, 0) is 31.2 Å². The van der Waals surface area contributed by atoms with Crippen molar-refractivity contribution < 1.29 is 4.79 Å². The lowest BCUT2D eigenvalue weighted by Gasteiger charge is -2.16. The maximum Gasteiger partial charge on any atom is 0.254 e. The lowest BCUT2D eigenvalue weighted by molar-refractivity contribution is 0.0929. The van der Waals surface area contributed by atoms with Gasteiger partial charge in [0.25, 0.3) is 5.91 Å². The van der Waals surface area contributed by atoms with Crippen molar-refractivity contribution in [2.45, 2.75) is 49.6 Å². The molecular formula is C14H20N2OS. The SMILES string of the molecule is CSc1ncccc1C(=O)NC1CCCCCC1. The van der Waals surface area contributed by atoms with Crippen LogP contribution < -0.4 is 5.32 Å². The average Bonchev–Trinajstić information content (AvgIpc) is 2.67. The summed E-state index contributed by atoms with van der Waals surface area (Å²) in [5.74, 6) is 0.0272. The van der Waals surface area contributed by atoms with Crippen LogP contribution in [-0.2, 0) is 0 Å². The highest BCUT2D eigenvalue weighted by molar-refractivity contribution is 7.98. The molecule has 1 aromatic heterocycles. The number of nitrogens with zero attached hydrogens (tertiary/aromatic N) is 1. The number of carbonyl (C=O) groups excluding carboxylic acids is 1. The van der Waals surface area contributed by atoms with Gasteiger partial charge in [-0.15, -0.1) is 11.8 Å². The third-order valence-corrected chi connectivity index (χ3v) is 4.11. The summed E-state index contributed by atoms with van der Waals surface area (Å²) < 4.78 is 0. The van der Waals surface area contributed by atoms with Gasteiger partial charge in [-0.3, -0.25) is 4.79 Å². The fraction of sp³-hybridized carbons (Fsp3) is 0.571. The molecule has 3 nitrogen and oxygen atoms in total. The highest BCUT2D eigenvalue weighted by Gasteiger charge is 2.17. The first-order chi connectivity index (χ1) is 8.81. The van der Waals surface area contributed by atoms with Crippen molar-refractivity contribution >= 4 is 17.7 Å². The van der Waals surface area contributed by atoms with E-state index >= 15 is 0 Å². The minimum Gasteiger partial charge on any atom is -0.349 e. The number of carbonyl (C=O) groups is 1. The van der Waals surface area contributed by atoms with Crippen LogP contribution in [0.2, 0.25) is 0 Å². The van der Waals surface area contributed by atoms with Crippen LogP contribution in [0.4, 0.5) is 0 Å². The number of amides is 1. The zero-order valence-electron chi connectivity index (χ0n) is 10.8. The van der Waals surface area contributed by atoms with E-state index in [4.69, 9.17) is 0 Å². The zero-order valence-corrected chi connectivity index (χ0v) is 11.6. The second-order valence-electron chi connectivity index (χ2n) is 4.72. The second-order valence-corrected chi connectivity index (χ2v) is 5.52. The summed E-state index contributed by atoms with van der Waals surface area (Å²) in [4.78, 5) is 16.5. The van der Waals surface area contributed by atoms with Crippen molar-refractivity contribution in [3.05, 3.63) is 23.9 Å². The molecule has 1 aromatic rings. The summed E-state index contributed by atoms with van der Waals surface area (Å²) in [6.07, 6.45) is 11.0. The van der Waals surface area contributed by atoms with E-state index in [1.165, 1.54) is 37.4 Å². The standard InChI is InChI=1S/C14H20N2OS/c1-18-14-12(9-6-10-15-14)13(17)16-11-7-4-2-3-5-8-11/h6,9-11H,2-5,7-8H2,1H3,(H,16,17). The molecule has 1 fully saturated rings. The Hall–Kier alpha value is -1.03. The molecule has 0 atom stereocenters. The fourth-order valence-electron chi connectivity index (χ4n) is 2.41. The van der Waals surface area contributed by atoms with Gasteiger partial charge in [0.15, 0.2) is 0 Å². The Labute approximate surface area is 113 Å². The van der Waals surface area contributed by atoms with Gasteiger partial charge in [-0.1, -0.05) is 25.7 Å². The number of hydrogen-bond acceptors (Lipinski definition) is 3. The van der Waals surface area contributed by atoms with Crippen molar-refractivity contribution in [3.8, 4) is 0 Å². The van der Waals surface area contributed by atoms with Gasteiger partial charge in [-0.25, -0.2) is 4.98 Å². The Balaban J connectivity index is 2.02. The van der Waals surface area contributed by atoms with E-state index in [1.54, 1.807) is 6.20 Å². The molecule has 18 heavy (non-hydrogen) atoms. The lowest BCUT2D eigenvalue weighted by atomic mass is 10.1. The lowest BCUT2D eigenvalue weighted by Crippen LogP contribution is -2.34. The van der Waals surface area contributed by atoms with Crippen LogP contribution in [-0.4, -0.2) is 23.2 Å². The van der Waals surface area contributed by atoms with E-state index in [9.17, 15) is 4.79 Å².